The third-order valence-electron chi connectivity index (χ3n) is 2.72. The monoisotopic (exact) mass is 274 g/mol. The predicted molar refractivity (Wildman–Crippen MR) is 68.5 cm³/mol. The number of thioether (sulfide) groups is 1. The van der Waals surface area contributed by atoms with Crippen LogP contribution in [0.15, 0.2) is 0 Å². The van der Waals surface area contributed by atoms with E-state index in [1.165, 1.54) is 11.8 Å². The van der Waals surface area contributed by atoms with Crippen molar-refractivity contribution in [3.8, 4) is 0 Å². The van der Waals surface area contributed by atoms with Crippen molar-refractivity contribution in [3.63, 3.8) is 0 Å². The molecule has 0 bridgehead atoms. The molecule has 0 aromatic rings. The molecule has 3 N–H and O–H groups in total. The molecule has 1 aliphatic rings. The first-order chi connectivity index (χ1) is 8.47. The molecular weight excluding hydrogens is 256 g/mol. The van der Waals surface area contributed by atoms with E-state index >= 15 is 0 Å². The summed E-state index contributed by atoms with van der Waals surface area (Å²) in [6.07, 6.45) is 1.98. The zero-order chi connectivity index (χ0) is 13.6. The second kappa shape index (κ2) is 6.63. The Kier molecular flexibility index (Phi) is 5.46. The van der Waals surface area contributed by atoms with Crippen molar-refractivity contribution in [2.45, 2.75) is 26.2 Å². The largest absolute Gasteiger partial charge is 0.481 e. The number of carboxylic acid groups (broad SMARTS) is 1. The van der Waals surface area contributed by atoms with Gasteiger partial charge in [-0.3, -0.25) is 14.9 Å². The third kappa shape index (κ3) is 5.39. The zero-order valence-electron chi connectivity index (χ0n) is 10.3. The third-order valence-corrected chi connectivity index (χ3v) is 4.00. The lowest BCUT2D eigenvalue weighted by molar-refractivity contribution is -0.138. The van der Waals surface area contributed by atoms with Gasteiger partial charge in [-0.05, 0) is 30.9 Å². The van der Waals surface area contributed by atoms with E-state index in [1.807, 2.05) is 0 Å². The second-order valence-electron chi connectivity index (χ2n) is 4.47. The lowest BCUT2D eigenvalue weighted by atomic mass is 10.1. The summed E-state index contributed by atoms with van der Waals surface area (Å²) in [6, 6.07) is -0.491. The summed E-state index contributed by atoms with van der Waals surface area (Å²) in [5, 5.41) is 13.4. The summed E-state index contributed by atoms with van der Waals surface area (Å²) in [5.74, 6) is -0.308. The Labute approximate surface area is 110 Å². The number of carboxylic acids is 1. The van der Waals surface area contributed by atoms with Crippen LogP contribution in [0.25, 0.3) is 0 Å². The van der Waals surface area contributed by atoms with Gasteiger partial charge in [0, 0.05) is 6.54 Å². The molecule has 1 rings (SSSR count). The number of hydrogen-bond acceptors (Lipinski definition) is 4. The number of urea groups is 1. The summed E-state index contributed by atoms with van der Waals surface area (Å²) >= 11 is 1.38. The maximum absolute atomic E-state index is 11.3. The Balaban J connectivity index is 2.16. The van der Waals surface area contributed by atoms with Gasteiger partial charge in [-0.25, -0.2) is 4.79 Å². The van der Waals surface area contributed by atoms with E-state index in [9.17, 15) is 14.4 Å². The van der Waals surface area contributed by atoms with E-state index in [4.69, 9.17) is 5.11 Å². The van der Waals surface area contributed by atoms with Crippen LogP contribution < -0.4 is 10.6 Å². The molecule has 1 saturated carbocycles. The van der Waals surface area contributed by atoms with Crippen molar-refractivity contribution in [2.24, 2.45) is 5.41 Å². The molecule has 0 saturated heterocycles. The molecule has 6 nitrogen and oxygen atoms in total. The number of amides is 3. The van der Waals surface area contributed by atoms with E-state index in [1.54, 1.807) is 6.92 Å². The Hall–Kier alpha value is -1.24. The smallest absolute Gasteiger partial charge is 0.321 e. The predicted octanol–water partition coefficient (Wildman–Crippen LogP) is 0.820. The summed E-state index contributed by atoms with van der Waals surface area (Å²) in [6.45, 7) is 2.23. The van der Waals surface area contributed by atoms with E-state index in [-0.39, 0.29) is 23.5 Å². The number of hydrogen-bond donors (Lipinski definition) is 3. The molecule has 0 aromatic carbocycles. The van der Waals surface area contributed by atoms with E-state index in [0.29, 0.717) is 12.3 Å². The molecule has 0 aromatic heterocycles. The molecule has 0 spiro atoms. The zero-order valence-corrected chi connectivity index (χ0v) is 11.1. The Morgan fingerprint density at radius 1 is 1.33 bits per heavy atom. The minimum Gasteiger partial charge on any atom is -0.481 e. The molecule has 102 valence electrons. The van der Waals surface area contributed by atoms with Crippen LogP contribution in [0.1, 0.15) is 26.2 Å². The Morgan fingerprint density at radius 2 is 2.00 bits per heavy atom. The van der Waals surface area contributed by atoms with Gasteiger partial charge in [0.25, 0.3) is 0 Å². The number of nitrogens with one attached hydrogen (secondary N) is 2. The summed E-state index contributed by atoms with van der Waals surface area (Å²) in [5.41, 5.74) is -0.123. The highest BCUT2D eigenvalue weighted by Gasteiger charge is 2.44. The number of rotatable bonds is 7. The van der Waals surface area contributed by atoms with Gasteiger partial charge in [0.05, 0.1) is 12.2 Å². The van der Waals surface area contributed by atoms with Crippen molar-refractivity contribution in [1.29, 1.82) is 0 Å². The summed E-state index contributed by atoms with van der Waals surface area (Å²) in [4.78, 5) is 33.0. The van der Waals surface area contributed by atoms with Gasteiger partial charge in [0.2, 0.25) is 5.91 Å². The number of aliphatic carboxylic acids is 1. The van der Waals surface area contributed by atoms with Crippen LogP contribution in [0, 0.1) is 5.41 Å². The highest BCUT2D eigenvalue weighted by Crippen LogP contribution is 2.50. The fourth-order valence-corrected chi connectivity index (χ4v) is 2.78. The number of carbonyl (C=O) groups is 3. The molecule has 18 heavy (non-hydrogen) atoms. The van der Waals surface area contributed by atoms with Crippen molar-refractivity contribution < 1.29 is 19.5 Å². The Morgan fingerprint density at radius 3 is 2.50 bits per heavy atom. The molecule has 7 heteroatoms. The van der Waals surface area contributed by atoms with Gasteiger partial charge in [0.15, 0.2) is 0 Å². The highest BCUT2D eigenvalue weighted by molar-refractivity contribution is 8.00. The van der Waals surface area contributed by atoms with Crippen LogP contribution in [-0.4, -0.2) is 41.1 Å². The number of imide groups is 1. The fraction of sp³-hybridized carbons (Fsp3) is 0.727. The van der Waals surface area contributed by atoms with Crippen LogP contribution in [0.3, 0.4) is 0 Å². The first-order valence-corrected chi connectivity index (χ1v) is 7.00. The van der Waals surface area contributed by atoms with Crippen LogP contribution in [0.5, 0.6) is 0 Å². The van der Waals surface area contributed by atoms with Crippen LogP contribution in [0.2, 0.25) is 0 Å². The molecule has 0 aliphatic heterocycles. The number of carbonyl (C=O) groups excluding carboxylic acids is 2. The molecule has 3 amide bonds. The van der Waals surface area contributed by atoms with Crippen LogP contribution in [-0.2, 0) is 9.59 Å². The lowest BCUT2D eigenvalue weighted by Gasteiger charge is -2.11. The van der Waals surface area contributed by atoms with E-state index < -0.39 is 12.0 Å². The van der Waals surface area contributed by atoms with Crippen molar-refractivity contribution >= 4 is 29.7 Å². The quantitative estimate of drug-likeness (QED) is 0.639. The molecule has 1 aliphatic carbocycles. The molecule has 1 fully saturated rings. The van der Waals surface area contributed by atoms with Crippen LogP contribution in [0.4, 0.5) is 4.79 Å². The molecule has 0 heterocycles. The minimum atomic E-state index is -0.792. The molecule has 0 atom stereocenters. The normalized spacial score (nSPS) is 15.8. The van der Waals surface area contributed by atoms with Crippen LogP contribution >= 0.6 is 11.8 Å². The van der Waals surface area contributed by atoms with Crippen molar-refractivity contribution in [3.05, 3.63) is 0 Å². The van der Waals surface area contributed by atoms with Gasteiger partial charge in [-0.1, -0.05) is 0 Å². The topological polar surface area (TPSA) is 95.5 Å². The first-order valence-electron chi connectivity index (χ1n) is 5.85. The van der Waals surface area contributed by atoms with Gasteiger partial charge < -0.3 is 10.4 Å². The van der Waals surface area contributed by atoms with Crippen molar-refractivity contribution in [2.75, 3.05) is 18.1 Å². The van der Waals surface area contributed by atoms with Gasteiger partial charge in [0.1, 0.15) is 0 Å². The fourth-order valence-electron chi connectivity index (χ4n) is 1.60. The summed E-state index contributed by atoms with van der Waals surface area (Å²) < 4.78 is 0. The maximum atomic E-state index is 11.3. The molecule has 0 unspecified atom stereocenters. The van der Waals surface area contributed by atoms with Gasteiger partial charge in [-0.15, -0.1) is 0 Å². The lowest BCUT2D eigenvalue weighted by Crippen LogP contribution is -2.40. The van der Waals surface area contributed by atoms with Gasteiger partial charge in [-0.2, -0.15) is 11.8 Å². The average molecular weight is 274 g/mol. The molecule has 0 radical (unpaired) electrons. The Bertz CT molecular complexity index is 342. The first kappa shape index (κ1) is 14.8. The van der Waals surface area contributed by atoms with Crippen molar-refractivity contribution in [1.82, 2.24) is 10.6 Å². The molecular formula is C11H18N2O4S. The minimum absolute atomic E-state index is 0.123. The maximum Gasteiger partial charge on any atom is 0.321 e. The van der Waals surface area contributed by atoms with E-state index in [2.05, 4.69) is 10.6 Å². The van der Waals surface area contributed by atoms with E-state index in [0.717, 1.165) is 12.8 Å². The summed E-state index contributed by atoms with van der Waals surface area (Å²) in [7, 11) is 0. The second-order valence-corrected chi connectivity index (χ2v) is 5.46. The highest BCUT2D eigenvalue weighted by atomic mass is 32.2. The SMILES string of the molecule is CCNC(=O)NC(=O)CSCC1(CC(=O)O)CC1. The standard InChI is InChI=1S/C11H18N2O4S/c1-2-12-10(17)13-8(14)6-18-7-11(3-4-11)5-9(15)16/h2-7H2,1H3,(H,15,16)(H2,12,13,14,17). The average Bonchev–Trinajstić information content (AvgIpc) is 2.96. The van der Waals surface area contributed by atoms with Gasteiger partial charge >= 0.3 is 12.0 Å².